The van der Waals surface area contributed by atoms with Crippen molar-refractivity contribution in [2.24, 2.45) is 0 Å². The number of nitrogens with one attached hydrogen (secondary N) is 2. The lowest BCUT2D eigenvalue weighted by Gasteiger charge is -2.12. The van der Waals surface area contributed by atoms with Crippen LogP contribution < -0.4 is 10.6 Å². The van der Waals surface area contributed by atoms with Gasteiger partial charge < -0.3 is 10.6 Å². The van der Waals surface area contributed by atoms with Gasteiger partial charge in [0.05, 0.1) is 5.69 Å². The van der Waals surface area contributed by atoms with Crippen LogP contribution in [0, 0.1) is 5.82 Å². The molecule has 0 fully saturated rings. The highest BCUT2D eigenvalue weighted by Gasteiger charge is 2.16. The second kappa shape index (κ2) is 7.78. The van der Waals surface area contributed by atoms with E-state index in [2.05, 4.69) is 30.7 Å². The molecule has 4 aromatic heterocycles. The number of nitrogens with zero attached hydrogens (tertiary/aromatic N) is 5. The molecule has 4 aromatic rings. The SMILES string of the molecule is CC(=O)Nc1nccc(Nc2nc(-c3cccc(C(F)F)n3)nn3cccc23)c1F. The maximum atomic E-state index is 14.7. The third kappa shape index (κ3) is 3.77. The number of hydrogen-bond acceptors (Lipinski definition) is 6. The van der Waals surface area contributed by atoms with E-state index in [0.29, 0.717) is 5.52 Å². The first kappa shape index (κ1) is 19.3. The van der Waals surface area contributed by atoms with Crippen molar-refractivity contribution in [3.63, 3.8) is 0 Å². The van der Waals surface area contributed by atoms with Crippen LogP contribution in [0.15, 0.2) is 48.8 Å². The molecule has 152 valence electrons. The molecule has 2 N–H and O–H groups in total. The van der Waals surface area contributed by atoms with Crippen LogP contribution in [-0.4, -0.2) is 30.5 Å². The number of rotatable bonds is 5. The van der Waals surface area contributed by atoms with Gasteiger partial charge in [-0.05, 0) is 30.3 Å². The van der Waals surface area contributed by atoms with Crippen LogP contribution in [0.5, 0.6) is 0 Å². The van der Waals surface area contributed by atoms with Gasteiger partial charge in [0.1, 0.15) is 16.9 Å². The van der Waals surface area contributed by atoms with Crippen molar-refractivity contribution >= 4 is 28.7 Å². The van der Waals surface area contributed by atoms with E-state index < -0.39 is 23.8 Å². The summed E-state index contributed by atoms with van der Waals surface area (Å²) in [6.07, 6.45) is 0.215. The molecule has 0 spiro atoms. The van der Waals surface area contributed by atoms with E-state index in [1.165, 1.54) is 41.9 Å². The highest BCUT2D eigenvalue weighted by atomic mass is 19.3. The summed E-state index contributed by atoms with van der Waals surface area (Å²) >= 11 is 0. The maximum Gasteiger partial charge on any atom is 0.280 e. The summed E-state index contributed by atoms with van der Waals surface area (Å²) < 4.78 is 42.2. The second-order valence-corrected chi connectivity index (χ2v) is 6.20. The van der Waals surface area contributed by atoms with E-state index in [1.54, 1.807) is 18.3 Å². The van der Waals surface area contributed by atoms with Crippen molar-refractivity contribution in [3.8, 4) is 11.5 Å². The van der Waals surface area contributed by atoms with Gasteiger partial charge in [0, 0.05) is 19.3 Å². The number of fused-ring (bicyclic) bond motifs is 1. The highest BCUT2D eigenvalue weighted by Crippen LogP contribution is 2.27. The molecule has 0 aliphatic carbocycles. The molecule has 0 atom stereocenters. The first-order chi connectivity index (χ1) is 14.4. The van der Waals surface area contributed by atoms with Gasteiger partial charge in [0.15, 0.2) is 17.5 Å². The Morgan fingerprint density at radius 2 is 1.93 bits per heavy atom. The Labute approximate surface area is 167 Å². The van der Waals surface area contributed by atoms with Crippen LogP contribution in [0.2, 0.25) is 0 Å². The molecule has 4 rings (SSSR count). The minimum atomic E-state index is -2.74. The largest absolute Gasteiger partial charge is 0.336 e. The third-order valence-corrected chi connectivity index (χ3v) is 4.05. The summed E-state index contributed by atoms with van der Waals surface area (Å²) in [7, 11) is 0. The zero-order valence-electron chi connectivity index (χ0n) is 15.5. The minimum absolute atomic E-state index is 0.00999. The molecule has 4 heterocycles. The van der Waals surface area contributed by atoms with Gasteiger partial charge >= 0.3 is 0 Å². The summed E-state index contributed by atoms with van der Waals surface area (Å²) in [6.45, 7) is 1.24. The average molecular weight is 413 g/mol. The zero-order valence-corrected chi connectivity index (χ0v) is 15.5. The fourth-order valence-corrected chi connectivity index (χ4v) is 2.75. The van der Waals surface area contributed by atoms with Gasteiger partial charge in [-0.3, -0.25) is 4.79 Å². The smallest absolute Gasteiger partial charge is 0.280 e. The van der Waals surface area contributed by atoms with E-state index >= 15 is 0 Å². The number of aromatic nitrogens is 5. The standard InChI is InChI=1S/C19H14F3N7O/c1-10(30)24-19-15(20)11(7-8-23-19)26-18-14-6-3-9-29(14)28-17(27-18)13-5-2-4-12(25-13)16(21)22/h2-9,16H,1H3,(H2,23,24,26,27,28,30). The van der Waals surface area contributed by atoms with Crippen LogP contribution in [0.3, 0.4) is 0 Å². The first-order valence-electron chi connectivity index (χ1n) is 8.72. The quantitative estimate of drug-likeness (QED) is 0.514. The van der Waals surface area contributed by atoms with E-state index in [0.717, 1.165) is 0 Å². The van der Waals surface area contributed by atoms with Crippen LogP contribution >= 0.6 is 0 Å². The Hall–Kier alpha value is -4.02. The number of alkyl halides is 2. The molecule has 0 aliphatic rings. The van der Waals surface area contributed by atoms with Crippen molar-refractivity contribution in [2.75, 3.05) is 10.6 Å². The van der Waals surface area contributed by atoms with Gasteiger partial charge in [-0.25, -0.2) is 32.6 Å². The Bertz CT molecular complexity index is 1240. The molecule has 1 amide bonds. The van der Waals surface area contributed by atoms with E-state index in [-0.39, 0.29) is 28.8 Å². The van der Waals surface area contributed by atoms with Crippen LogP contribution in [0.25, 0.3) is 17.0 Å². The Morgan fingerprint density at radius 3 is 2.70 bits per heavy atom. The lowest BCUT2D eigenvalue weighted by Crippen LogP contribution is -2.11. The monoisotopic (exact) mass is 413 g/mol. The average Bonchev–Trinajstić information content (AvgIpc) is 3.19. The van der Waals surface area contributed by atoms with Crippen LogP contribution in [-0.2, 0) is 4.79 Å². The summed E-state index contributed by atoms with van der Waals surface area (Å²) in [4.78, 5) is 23.3. The molecule has 0 aromatic carbocycles. The molecule has 8 nitrogen and oxygen atoms in total. The number of amides is 1. The molecule has 30 heavy (non-hydrogen) atoms. The van der Waals surface area contributed by atoms with Crippen molar-refractivity contribution in [1.29, 1.82) is 0 Å². The minimum Gasteiger partial charge on any atom is -0.336 e. The molecule has 0 aliphatic heterocycles. The van der Waals surface area contributed by atoms with Crippen LogP contribution in [0.1, 0.15) is 19.0 Å². The fraction of sp³-hybridized carbons (Fsp3) is 0.105. The van der Waals surface area contributed by atoms with Gasteiger partial charge in [0.25, 0.3) is 6.43 Å². The first-order valence-corrected chi connectivity index (χ1v) is 8.72. The van der Waals surface area contributed by atoms with Crippen molar-refractivity contribution in [3.05, 3.63) is 60.3 Å². The predicted octanol–water partition coefficient (Wildman–Crippen LogP) is 3.97. The summed E-state index contributed by atoms with van der Waals surface area (Å²) in [5.74, 6) is -1.20. The van der Waals surface area contributed by atoms with Crippen molar-refractivity contribution < 1.29 is 18.0 Å². The third-order valence-electron chi connectivity index (χ3n) is 4.05. The normalized spacial score (nSPS) is 11.1. The number of anilines is 3. The number of pyridine rings is 2. The molecular weight excluding hydrogens is 399 g/mol. The second-order valence-electron chi connectivity index (χ2n) is 6.20. The Balaban J connectivity index is 1.78. The zero-order chi connectivity index (χ0) is 21.3. The topological polar surface area (TPSA) is 97.1 Å². The van der Waals surface area contributed by atoms with Crippen molar-refractivity contribution in [2.45, 2.75) is 13.3 Å². The molecule has 0 unspecified atom stereocenters. The molecule has 0 radical (unpaired) electrons. The summed E-state index contributed by atoms with van der Waals surface area (Å²) in [5, 5.41) is 9.43. The van der Waals surface area contributed by atoms with Crippen molar-refractivity contribution in [1.82, 2.24) is 24.6 Å². The predicted molar refractivity (Wildman–Crippen MR) is 103 cm³/mol. The molecule has 0 saturated heterocycles. The highest BCUT2D eigenvalue weighted by molar-refractivity contribution is 5.88. The molecule has 0 bridgehead atoms. The molecular formula is C19H14F3N7O. The molecule has 0 saturated carbocycles. The van der Waals surface area contributed by atoms with E-state index in [4.69, 9.17) is 0 Å². The lowest BCUT2D eigenvalue weighted by atomic mass is 10.3. The molecule has 11 heteroatoms. The fourth-order valence-electron chi connectivity index (χ4n) is 2.75. The van der Waals surface area contributed by atoms with Gasteiger partial charge in [-0.1, -0.05) is 6.07 Å². The Kier molecular flexibility index (Phi) is 5.00. The number of halogens is 3. The van der Waals surface area contributed by atoms with E-state index in [9.17, 15) is 18.0 Å². The van der Waals surface area contributed by atoms with Crippen LogP contribution in [0.4, 0.5) is 30.5 Å². The van der Waals surface area contributed by atoms with Gasteiger partial charge in [-0.2, -0.15) is 0 Å². The summed E-state index contributed by atoms with van der Waals surface area (Å²) in [5.41, 5.74) is 0.260. The number of carbonyl (C=O) groups excluding carboxylic acids is 1. The number of hydrogen-bond donors (Lipinski definition) is 2. The number of carbonyl (C=O) groups is 1. The maximum absolute atomic E-state index is 14.7. The van der Waals surface area contributed by atoms with E-state index in [1.807, 2.05) is 0 Å². The lowest BCUT2D eigenvalue weighted by molar-refractivity contribution is -0.114. The van der Waals surface area contributed by atoms with Gasteiger partial charge in [-0.15, -0.1) is 5.10 Å². The summed E-state index contributed by atoms with van der Waals surface area (Å²) in [6, 6.07) is 8.91. The Morgan fingerprint density at radius 1 is 1.10 bits per heavy atom. The van der Waals surface area contributed by atoms with Gasteiger partial charge in [0.2, 0.25) is 11.7 Å².